The van der Waals surface area contributed by atoms with E-state index >= 15 is 0 Å². The van der Waals surface area contributed by atoms with Crippen LogP contribution in [0.5, 0.6) is 5.75 Å². The predicted molar refractivity (Wildman–Crippen MR) is 80.1 cm³/mol. The molecule has 1 heterocycles. The van der Waals surface area contributed by atoms with E-state index in [2.05, 4.69) is 49.3 Å². The van der Waals surface area contributed by atoms with E-state index in [0.29, 0.717) is 12.0 Å². The zero-order valence-electron chi connectivity index (χ0n) is 12.6. The Morgan fingerprint density at radius 3 is 2.84 bits per heavy atom. The lowest BCUT2D eigenvalue weighted by Crippen LogP contribution is -2.50. The normalized spacial score (nSPS) is 20.8. The maximum atomic E-state index is 5.57. The standard InChI is InChI=1S/C16H26N2O/c1-12(2)13-5-6-14(16(10-13)19-4)9-15-11-17-7-8-18(15)3/h5-6,10,12,15,17H,7-9,11H2,1-4H3. The minimum Gasteiger partial charge on any atom is -0.496 e. The highest BCUT2D eigenvalue weighted by Gasteiger charge is 2.20. The molecule has 1 atom stereocenters. The molecular weight excluding hydrogens is 236 g/mol. The molecule has 0 aromatic heterocycles. The quantitative estimate of drug-likeness (QED) is 0.901. The summed E-state index contributed by atoms with van der Waals surface area (Å²) in [7, 11) is 3.98. The van der Waals surface area contributed by atoms with Crippen molar-refractivity contribution < 1.29 is 4.74 Å². The first-order valence-corrected chi connectivity index (χ1v) is 7.19. The topological polar surface area (TPSA) is 24.5 Å². The molecule has 19 heavy (non-hydrogen) atoms. The summed E-state index contributed by atoms with van der Waals surface area (Å²) in [6.07, 6.45) is 1.05. The Hall–Kier alpha value is -1.06. The molecule has 1 saturated heterocycles. The van der Waals surface area contributed by atoms with Gasteiger partial charge in [-0.05, 0) is 36.6 Å². The highest BCUT2D eigenvalue weighted by Crippen LogP contribution is 2.26. The number of nitrogens with one attached hydrogen (secondary N) is 1. The van der Waals surface area contributed by atoms with Gasteiger partial charge in [-0.25, -0.2) is 0 Å². The van der Waals surface area contributed by atoms with Crippen molar-refractivity contribution >= 4 is 0 Å². The minimum absolute atomic E-state index is 0.543. The number of methoxy groups -OCH3 is 1. The Morgan fingerprint density at radius 1 is 1.42 bits per heavy atom. The van der Waals surface area contributed by atoms with Gasteiger partial charge in [-0.1, -0.05) is 26.0 Å². The van der Waals surface area contributed by atoms with Crippen LogP contribution in [0.3, 0.4) is 0 Å². The summed E-state index contributed by atoms with van der Waals surface area (Å²) in [4.78, 5) is 2.44. The van der Waals surface area contributed by atoms with E-state index in [9.17, 15) is 0 Å². The first-order chi connectivity index (χ1) is 9.11. The highest BCUT2D eigenvalue weighted by atomic mass is 16.5. The van der Waals surface area contributed by atoms with E-state index in [0.717, 1.165) is 31.8 Å². The van der Waals surface area contributed by atoms with E-state index in [1.807, 2.05) is 0 Å². The van der Waals surface area contributed by atoms with Crippen molar-refractivity contribution in [2.24, 2.45) is 0 Å². The Labute approximate surface area is 116 Å². The zero-order valence-corrected chi connectivity index (χ0v) is 12.6. The third-order valence-electron chi connectivity index (χ3n) is 4.08. The molecule has 0 saturated carbocycles. The van der Waals surface area contributed by atoms with E-state index in [1.54, 1.807) is 7.11 Å². The van der Waals surface area contributed by atoms with Crippen molar-refractivity contribution in [2.75, 3.05) is 33.8 Å². The molecule has 1 aromatic carbocycles. The first kappa shape index (κ1) is 14.4. The fourth-order valence-corrected chi connectivity index (χ4v) is 2.63. The third-order valence-corrected chi connectivity index (χ3v) is 4.08. The molecule has 1 N–H and O–H groups in total. The second-order valence-corrected chi connectivity index (χ2v) is 5.77. The van der Waals surface area contributed by atoms with Gasteiger partial charge < -0.3 is 15.0 Å². The summed E-state index contributed by atoms with van der Waals surface area (Å²) < 4.78 is 5.57. The average Bonchev–Trinajstić information content (AvgIpc) is 2.41. The lowest BCUT2D eigenvalue weighted by atomic mass is 9.97. The van der Waals surface area contributed by atoms with E-state index < -0.39 is 0 Å². The van der Waals surface area contributed by atoms with Crippen LogP contribution >= 0.6 is 0 Å². The molecule has 0 spiro atoms. The van der Waals surface area contributed by atoms with Gasteiger partial charge in [0.15, 0.2) is 0 Å². The number of likely N-dealkylation sites (N-methyl/N-ethyl adjacent to an activating group) is 1. The Morgan fingerprint density at radius 2 is 2.21 bits per heavy atom. The van der Waals surface area contributed by atoms with Gasteiger partial charge >= 0.3 is 0 Å². The van der Waals surface area contributed by atoms with Crippen molar-refractivity contribution in [2.45, 2.75) is 32.2 Å². The summed E-state index contributed by atoms with van der Waals surface area (Å²) in [5, 5.41) is 3.47. The molecule has 1 aromatic rings. The molecular formula is C16H26N2O. The Kier molecular flexibility index (Phi) is 4.83. The van der Waals surface area contributed by atoms with Gasteiger partial charge in [0.1, 0.15) is 5.75 Å². The van der Waals surface area contributed by atoms with Gasteiger partial charge in [-0.2, -0.15) is 0 Å². The van der Waals surface area contributed by atoms with Crippen molar-refractivity contribution in [3.8, 4) is 5.75 Å². The zero-order chi connectivity index (χ0) is 13.8. The number of piperazine rings is 1. The first-order valence-electron chi connectivity index (χ1n) is 7.19. The maximum absolute atomic E-state index is 5.57. The van der Waals surface area contributed by atoms with Crippen LogP contribution in [0.25, 0.3) is 0 Å². The summed E-state index contributed by atoms with van der Waals surface area (Å²) in [5.74, 6) is 1.58. The number of rotatable bonds is 4. The van der Waals surface area contributed by atoms with Crippen molar-refractivity contribution in [3.05, 3.63) is 29.3 Å². The van der Waals surface area contributed by atoms with E-state index in [1.165, 1.54) is 11.1 Å². The van der Waals surface area contributed by atoms with Gasteiger partial charge in [0, 0.05) is 25.7 Å². The Balaban J connectivity index is 2.15. The lowest BCUT2D eigenvalue weighted by molar-refractivity contribution is 0.198. The van der Waals surface area contributed by atoms with Gasteiger partial charge in [0.05, 0.1) is 7.11 Å². The molecule has 0 bridgehead atoms. The average molecular weight is 262 g/mol. The molecule has 0 amide bonds. The smallest absolute Gasteiger partial charge is 0.122 e. The lowest BCUT2D eigenvalue weighted by Gasteiger charge is -2.33. The monoisotopic (exact) mass is 262 g/mol. The fourth-order valence-electron chi connectivity index (χ4n) is 2.63. The largest absolute Gasteiger partial charge is 0.496 e. The molecule has 3 heteroatoms. The van der Waals surface area contributed by atoms with Crippen LogP contribution in [0.2, 0.25) is 0 Å². The summed E-state index contributed by atoms with van der Waals surface area (Å²) >= 11 is 0. The maximum Gasteiger partial charge on any atom is 0.122 e. The number of hydrogen-bond acceptors (Lipinski definition) is 3. The summed E-state index contributed by atoms with van der Waals surface area (Å²) in [5.41, 5.74) is 2.66. The molecule has 106 valence electrons. The summed E-state index contributed by atoms with van der Waals surface area (Å²) in [6.45, 7) is 7.71. The molecule has 1 aliphatic rings. The third kappa shape index (κ3) is 3.48. The second kappa shape index (κ2) is 6.40. The van der Waals surface area contributed by atoms with Crippen LogP contribution in [0, 0.1) is 0 Å². The van der Waals surface area contributed by atoms with Crippen LogP contribution in [-0.2, 0) is 6.42 Å². The number of benzene rings is 1. The number of ether oxygens (including phenoxy) is 1. The fraction of sp³-hybridized carbons (Fsp3) is 0.625. The van der Waals surface area contributed by atoms with Crippen molar-refractivity contribution in [3.63, 3.8) is 0 Å². The van der Waals surface area contributed by atoms with E-state index in [-0.39, 0.29) is 0 Å². The molecule has 1 unspecified atom stereocenters. The van der Waals surface area contributed by atoms with Gasteiger partial charge in [0.25, 0.3) is 0 Å². The molecule has 0 radical (unpaired) electrons. The van der Waals surface area contributed by atoms with Gasteiger partial charge in [-0.3, -0.25) is 0 Å². The van der Waals surface area contributed by atoms with Gasteiger partial charge in [-0.15, -0.1) is 0 Å². The Bertz CT molecular complexity index is 417. The molecule has 0 aliphatic carbocycles. The van der Waals surface area contributed by atoms with Crippen molar-refractivity contribution in [1.29, 1.82) is 0 Å². The molecule has 1 aliphatic heterocycles. The molecule has 3 nitrogen and oxygen atoms in total. The predicted octanol–water partition coefficient (Wildman–Crippen LogP) is 2.26. The van der Waals surface area contributed by atoms with Crippen LogP contribution in [-0.4, -0.2) is 44.7 Å². The van der Waals surface area contributed by atoms with Crippen LogP contribution in [0.1, 0.15) is 30.9 Å². The molecule has 1 fully saturated rings. The summed E-state index contributed by atoms with van der Waals surface area (Å²) in [6, 6.07) is 7.22. The SMILES string of the molecule is COc1cc(C(C)C)ccc1CC1CNCCN1C. The van der Waals surface area contributed by atoms with Crippen LogP contribution < -0.4 is 10.1 Å². The van der Waals surface area contributed by atoms with E-state index in [4.69, 9.17) is 4.74 Å². The minimum atomic E-state index is 0.543. The highest BCUT2D eigenvalue weighted by molar-refractivity contribution is 5.39. The molecule has 2 rings (SSSR count). The van der Waals surface area contributed by atoms with Crippen molar-refractivity contribution in [1.82, 2.24) is 10.2 Å². The number of hydrogen-bond donors (Lipinski definition) is 1. The number of nitrogens with zero attached hydrogens (tertiary/aromatic N) is 1. The van der Waals surface area contributed by atoms with Crippen LogP contribution in [0.4, 0.5) is 0 Å². The second-order valence-electron chi connectivity index (χ2n) is 5.77. The van der Waals surface area contributed by atoms with Crippen LogP contribution in [0.15, 0.2) is 18.2 Å². The van der Waals surface area contributed by atoms with Gasteiger partial charge in [0.2, 0.25) is 0 Å².